The van der Waals surface area contributed by atoms with Crippen LogP contribution in [0.1, 0.15) is 49.3 Å². The number of hydrogen-bond donors (Lipinski definition) is 3. The van der Waals surface area contributed by atoms with Crippen molar-refractivity contribution < 1.29 is 0 Å². The zero-order chi connectivity index (χ0) is 19.0. The van der Waals surface area contributed by atoms with Gasteiger partial charge in [0, 0.05) is 6.20 Å². The third-order valence-corrected chi connectivity index (χ3v) is 5.10. The summed E-state index contributed by atoms with van der Waals surface area (Å²) in [6.45, 7) is 2.02. The average molecular weight is 363 g/mol. The Morgan fingerprint density at radius 3 is 2.37 bits per heavy atom. The summed E-state index contributed by atoms with van der Waals surface area (Å²) in [6, 6.07) is 11.6. The van der Waals surface area contributed by atoms with Crippen LogP contribution >= 0.6 is 0 Å². The lowest BCUT2D eigenvalue weighted by molar-refractivity contribution is 0.746. The molecule has 6 nitrogen and oxygen atoms in total. The van der Waals surface area contributed by atoms with Crippen molar-refractivity contribution in [2.75, 3.05) is 10.6 Å². The van der Waals surface area contributed by atoms with Crippen LogP contribution in [0.25, 0.3) is 0 Å². The van der Waals surface area contributed by atoms with Crippen molar-refractivity contribution in [3.63, 3.8) is 0 Å². The zero-order valence-corrected chi connectivity index (χ0v) is 15.0. The van der Waals surface area contributed by atoms with Gasteiger partial charge in [-0.3, -0.25) is 14.4 Å². The largest absolute Gasteiger partial charge is 0.373 e. The second kappa shape index (κ2) is 6.87. The van der Waals surface area contributed by atoms with Gasteiger partial charge in [-0.1, -0.05) is 31.2 Å². The highest BCUT2D eigenvalue weighted by molar-refractivity contribution is 5.78. The third-order valence-electron chi connectivity index (χ3n) is 5.10. The van der Waals surface area contributed by atoms with E-state index in [-0.39, 0.29) is 28.7 Å². The molecule has 3 N–H and O–H groups in total. The number of hydrogen-bond acceptors (Lipinski definition) is 5. The Morgan fingerprint density at radius 1 is 1.04 bits per heavy atom. The number of nitrogens with one attached hydrogen (secondary N) is 3. The summed E-state index contributed by atoms with van der Waals surface area (Å²) in [5, 5.41) is 5.98. The monoisotopic (exact) mass is 363 g/mol. The van der Waals surface area contributed by atoms with E-state index in [9.17, 15) is 14.4 Å². The lowest BCUT2D eigenvalue weighted by atomic mass is 10.00. The first-order valence-corrected chi connectivity index (χ1v) is 9.23. The quantitative estimate of drug-likeness (QED) is 0.561. The molecule has 27 heavy (non-hydrogen) atoms. The Labute approximate surface area is 156 Å². The highest BCUT2D eigenvalue weighted by Crippen LogP contribution is 2.40. The molecule has 0 saturated heterocycles. The highest BCUT2D eigenvalue weighted by atomic mass is 16.2. The Balaban J connectivity index is 1.57. The van der Waals surface area contributed by atoms with E-state index >= 15 is 0 Å². The van der Waals surface area contributed by atoms with E-state index in [1.54, 1.807) is 12.1 Å². The molecule has 1 atom stereocenters. The van der Waals surface area contributed by atoms with Crippen LogP contribution in [0.2, 0.25) is 0 Å². The molecule has 1 heterocycles. The Morgan fingerprint density at radius 2 is 1.74 bits per heavy atom. The van der Waals surface area contributed by atoms with Crippen LogP contribution in [0.15, 0.2) is 57.0 Å². The van der Waals surface area contributed by atoms with E-state index in [2.05, 4.69) is 39.9 Å². The van der Waals surface area contributed by atoms with Crippen LogP contribution in [0.4, 0.5) is 17.1 Å². The molecule has 0 bridgehead atoms. The summed E-state index contributed by atoms with van der Waals surface area (Å²) in [7, 11) is 0. The molecule has 0 aliphatic heterocycles. The van der Waals surface area contributed by atoms with Crippen molar-refractivity contribution in [1.29, 1.82) is 0 Å². The number of pyridine rings is 1. The van der Waals surface area contributed by atoms with E-state index < -0.39 is 10.9 Å². The maximum atomic E-state index is 12.1. The maximum absolute atomic E-state index is 12.1. The average Bonchev–Trinajstić information content (AvgIpc) is 3.54. The van der Waals surface area contributed by atoms with Gasteiger partial charge in [-0.05, 0) is 48.4 Å². The summed E-state index contributed by atoms with van der Waals surface area (Å²) >= 11 is 0. The van der Waals surface area contributed by atoms with Crippen molar-refractivity contribution >= 4 is 17.1 Å². The summed E-state index contributed by atoms with van der Waals surface area (Å²) in [6.07, 6.45) is 4.78. The van der Waals surface area contributed by atoms with Crippen LogP contribution in [0, 0.1) is 0 Å². The minimum absolute atomic E-state index is 0.0869. The lowest BCUT2D eigenvalue weighted by Gasteiger charge is -2.22. The molecule has 1 saturated carbocycles. The summed E-state index contributed by atoms with van der Waals surface area (Å²) in [5.74, 6) is 0.695. The molecule has 1 aliphatic rings. The van der Waals surface area contributed by atoms with Gasteiger partial charge in [0.2, 0.25) is 0 Å². The van der Waals surface area contributed by atoms with E-state index in [1.165, 1.54) is 24.6 Å². The molecule has 0 radical (unpaired) electrons. The van der Waals surface area contributed by atoms with Gasteiger partial charge in [0.05, 0.1) is 6.04 Å². The van der Waals surface area contributed by atoms with Gasteiger partial charge >= 0.3 is 0 Å². The smallest absolute Gasteiger partial charge is 0.271 e. The molecule has 1 aliphatic carbocycles. The Kier molecular flexibility index (Phi) is 4.39. The van der Waals surface area contributed by atoms with Gasteiger partial charge in [0.15, 0.2) is 0 Å². The molecule has 0 spiro atoms. The van der Waals surface area contributed by atoms with Crippen LogP contribution in [0.5, 0.6) is 0 Å². The maximum Gasteiger partial charge on any atom is 0.271 e. The van der Waals surface area contributed by atoms with Gasteiger partial charge in [-0.2, -0.15) is 0 Å². The van der Waals surface area contributed by atoms with Gasteiger partial charge in [0.25, 0.3) is 16.4 Å². The number of rotatable bonds is 7. The standard InChI is InChI=1S/C21H21N3O3/c1-2-15(14-9-7-13(8-10-14)12-5-6-12)23-17-18(20(26)19(17)25)24-16-4-3-11-22-21(16)27/h3-4,7-12,15,23-24H,2,5-6H2,1H3,(H,22,27). The summed E-state index contributed by atoms with van der Waals surface area (Å²) in [4.78, 5) is 38.4. The summed E-state index contributed by atoms with van der Waals surface area (Å²) in [5.41, 5.74) is 1.52. The molecule has 138 valence electrons. The molecule has 1 fully saturated rings. The third kappa shape index (κ3) is 3.30. The van der Waals surface area contributed by atoms with E-state index in [1.807, 2.05) is 6.92 Å². The molecule has 6 heteroatoms. The van der Waals surface area contributed by atoms with Gasteiger partial charge in [0.1, 0.15) is 17.1 Å². The molecule has 4 rings (SSSR count). The molecule has 1 unspecified atom stereocenters. The minimum Gasteiger partial charge on any atom is -0.373 e. The van der Waals surface area contributed by atoms with Gasteiger partial charge in [-0.15, -0.1) is 0 Å². The molecule has 0 amide bonds. The second-order valence-electron chi connectivity index (χ2n) is 6.99. The van der Waals surface area contributed by atoms with Crippen molar-refractivity contribution in [1.82, 2.24) is 4.98 Å². The fourth-order valence-electron chi connectivity index (χ4n) is 3.32. The fourth-order valence-corrected chi connectivity index (χ4v) is 3.32. The zero-order valence-electron chi connectivity index (χ0n) is 15.0. The van der Waals surface area contributed by atoms with Gasteiger partial charge in [-0.25, -0.2) is 0 Å². The normalized spacial score (nSPS) is 14.9. The predicted octanol–water partition coefficient (Wildman–Crippen LogP) is 3.16. The molecule has 1 aromatic heterocycles. The van der Waals surface area contributed by atoms with Crippen LogP contribution < -0.4 is 27.1 Å². The van der Waals surface area contributed by atoms with Crippen LogP contribution in [0.3, 0.4) is 0 Å². The second-order valence-corrected chi connectivity index (χ2v) is 6.99. The molecular formula is C21H21N3O3. The van der Waals surface area contributed by atoms with Crippen molar-refractivity contribution in [2.24, 2.45) is 0 Å². The number of aromatic nitrogens is 1. The first kappa shape index (κ1) is 17.3. The summed E-state index contributed by atoms with van der Waals surface area (Å²) < 4.78 is 0. The SMILES string of the molecule is CCC(Nc1c(Nc2ccc[nH]c2=O)c(=O)c1=O)c1ccc(C2CC2)cc1. The van der Waals surface area contributed by atoms with E-state index in [0.717, 1.165) is 12.0 Å². The van der Waals surface area contributed by atoms with Crippen molar-refractivity contribution in [3.8, 4) is 0 Å². The fraction of sp³-hybridized carbons (Fsp3) is 0.286. The highest BCUT2D eigenvalue weighted by Gasteiger charge is 2.25. The number of H-pyrrole nitrogens is 1. The van der Waals surface area contributed by atoms with Crippen molar-refractivity contribution in [2.45, 2.75) is 38.1 Å². The Hall–Kier alpha value is -3.15. The Bertz CT molecular complexity index is 1090. The van der Waals surface area contributed by atoms with Crippen LogP contribution in [-0.2, 0) is 0 Å². The predicted molar refractivity (Wildman–Crippen MR) is 107 cm³/mol. The van der Waals surface area contributed by atoms with E-state index in [4.69, 9.17) is 0 Å². The molecule has 2 aromatic carbocycles. The topological polar surface area (TPSA) is 91.1 Å². The molecule has 3 aromatic rings. The molecular weight excluding hydrogens is 342 g/mol. The minimum atomic E-state index is -0.611. The van der Waals surface area contributed by atoms with Gasteiger partial charge < -0.3 is 15.6 Å². The van der Waals surface area contributed by atoms with Crippen LogP contribution in [-0.4, -0.2) is 4.98 Å². The lowest BCUT2D eigenvalue weighted by Crippen LogP contribution is -2.38. The van der Waals surface area contributed by atoms with E-state index in [0.29, 0.717) is 5.92 Å². The number of benzene rings is 1. The number of aromatic amines is 1. The van der Waals surface area contributed by atoms with Crippen molar-refractivity contribution in [3.05, 3.63) is 84.5 Å². The first-order valence-electron chi connectivity index (χ1n) is 9.23. The first-order chi connectivity index (χ1) is 13.1. The number of anilines is 3.